The molecule has 0 spiro atoms. The van der Waals surface area contributed by atoms with E-state index in [-0.39, 0.29) is 11.2 Å². The maximum Gasteiger partial charge on any atom is 0.245 e. The fraction of sp³-hybridized carbons (Fsp3) is 0.296. The summed E-state index contributed by atoms with van der Waals surface area (Å²) >= 11 is 1.41. The number of hydrogen-bond acceptors (Lipinski definition) is 4. The van der Waals surface area contributed by atoms with Gasteiger partial charge in [-0.1, -0.05) is 55.1 Å². The number of amides is 1. The molecule has 0 saturated heterocycles. The number of nitriles is 1. The van der Waals surface area contributed by atoms with E-state index in [9.17, 15) is 10.1 Å². The number of benzene rings is 2. The van der Waals surface area contributed by atoms with Gasteiger partial charge in [-0.25, -0.2) is 4.98 Å². The van der Waals surface area contributed by atoms with Crippen molar-refractivity contribution in [3.05, 3.63) is 82.0 Å². The van der Waals surface area contributed by atoms with Crippen LogP contribution in [0.2, 0.25) is 0 Å². The lowest BCUT2D eigenvalue weighted by molar-refractivity contribution is -0.117. The molecular weight excluding hydrogens is 414 g/mol. The van der Waals surface area contributed by atoms with Gasteiger partial charge < -0.3 is 0 Å². The summed E-state index contributed by atoms with van der Waals surface area (Å²) in [5.41, 5.74) is 7.69. The molecular formula is C27H27N3OS. The summed E-state index contributed by atoms with van der Waals surface area (Å²) in [6.45, 7) is 7.92. The highest BCUT2D eigenvalue weighted by Gasteiger charge is 2.31. The first kappa shape index (κ1) is 22.1. The van der Waals surface area contributed by atoms with Crippen molar-refractivity contribution in [1.29, 1.82) is 5.26 Å². The minimum Gasteiger partial charge on any atom is -0.280 e. The number of nitrogens with zero attached hydrogens (tertiary/aromatic N) is 3. The largest absolute Gasteiger partial charge is 0.280 e. The van der Waals surface area contributed by atoms with E-state index in [1.54, 1.807) is 0 Å². The van der Waals surface area contributed by atoms with Crippen molar-refractivity contribution >= 4 is 29.0 Å². The minimum absolute atomic E-state index is 0.0286. The highest BCUT2D eigenvalue weighted by Crippen LogP contribution is 2.39. The Morgan fingerprint density at radius 1 is 1.03 bits per heavy atom. The maximum absolute atomic E-state index is 14.0. The number of carbonyl (C=O) groups is 1. The molecule has 162 valence electrons. The van der Waals surface area contributed by atoms with E-state index in [0.29, 0.717) is 17.0 Å². The molecule has 5 heteroatoms. The summed E-state index contributed by atoms with van der Waals surface area (Å²) in [6, 6.07) is 18.6. The number of fused-ring (bicyclic) bond motifs is 2. The van der Waals surface area contributed by atoms with Crippen molar-refractivity contribution in [3.8, 4) is 6.07 Å². The lowest BCUT2D eigenvalue weighted by Gasteiger charge is -2.28. The Labute approximate surface area is 194 Å². The molecule has 1 aromatic heterocycles. The Morgan fingerprint density at radius 3 is 2.12 bits per heavy atom. The van der Waals surface area contributed by atoms with Crippen molar-refractivity contribution in [2.45, 2.75) is 57.2 Å². The van der Waals surface area contributed by atoms with E-state index >= 15 is 0 Å². The number of pyridine rings is 1. The average Bonchev–Trinajstić information content (AvgIpc) is 2.97. The molecule has 0 fully saturated rings. The molecule has 4 nitrogen and oxygen atoms in total. The first-order valence-electron chi connectivity index (χ1n) is 11.0. The molecule has 32 heavy (non-hydrogen) atoms. The third-order valence-electron chi connectivity index (χ3n) is 6.32. The van der Waals surface area contributed by atoms with Crippen molar-refractivity contribution in [3.63, 3.8) is 0 Å². The molecule has 1 atom stereocenters. The fourth-order valence-corrected chi connectivity index (χ4v) is 5.38. The maximum atomic E-state index is 14.0. The molecule has 2 aromatic carbocycles. The highest BCUT2D eigenvalue weighted by molar-refractivity contribution is 8.00. The quantitative estimate of drug-likeness (QED) is 0.452. The summed E-state index contributed by atoms with van der Waals surface area (Å²) in [5, 5.41) is 10.1. The first-order chi connectivity index (χ1) is 15.5. The second kappa shape index (κ2) is 9.18. The Morgan fingerprint density at radius 2 is 1.59 bits per heavy atom. The number of para-hydroxylation sites is 2. The van der Waals surface area contributed by atoms with Gasteiger partial charge in [0.05, 0.1) is 22.2 Å². The van der Waals surface area contributed by atoms with E-state index in [4.69, 9.17) is 4.98 Å². The summed E-state index contributed by atoms with van der Waals surface area (Å²) in [6.07, 6.45) is 2.44. The van der Waals surface area contributed by atoms with Crippen LogP contribution < -0.4 is 4.90 Å². The van der Waals surface area contributed by atoms with Crippen LogP contribution in [0.4, 0.5) is 11.4 Å². The van der Waals surface area contributed by atoms with E-state index in [1.165, 1.54) is 22.9 Å². The van der Waals surface area contributed by atoms with Crippen molar-refractivity contribution in [2.75, 3.05) is 4.90 Å². The molecule has 1 aliphatic heterocycles. The van der Waals surface area contributed by atoms with Crippen LogP contribution in [-0.4, -0.2) is 16.1 Å². The van der Waals surface area contributed by atoms with Crippen molar-refractivity contribution in [2.24, 2.45) is 0 Å². The predicted octanol–water partition coefficient (Wildman–Crippen LogP) is 6.21. The number of aryl methyl sites for hydroxylation is 3. The van der Waals surface area contributed by atoms with Gasteiger partial charge in [0, 0.05) is 5.69 Å². The molecule has 0 bridgehead atoms. The van der Waals surface area contributed by atoms with Gasteiger partial charge in [0.1, 0.15) is 11.1 Å². The Bertz CT molecular complexity index is 1180. The number of thioether (sulfide) groups is 1. The monoisotopic (exact) mass is 441 g/mol. The van der Waals surface area contributed by atoms with Crippen LogP contribution in [-0.2, 0) is 17.6 Å². The lowest BCUT2D eigenvalue weighted by atomic mass is 10.0. The van der Waals surface area contributed by atoms with E-state index in [0.717, 1.165) is 41.0 Å². The first-order valence-corrected chi connectivity index (χ1v) is 11.9. The third-order valence-corrected chi connectivity index (χ3v) is 7.66. The second-order valence-corrected chi connectivity index (χ2v) is 9.38. The van der Waals surface area contributed by atoms with Crippen LogP contribution >= 0.6 is 11.8 Å². The summed E-state index contributed by atoms with van der Waals surface area (Å²) < 4.78 is 0. The van der Waals surface area contributed by atoms with E-state index in [2.05, 4.69) is 18.2 Å². The van der Waals surface area contributed by atoms with Gasteiger partial charge in [-0.05, 0) is 74.4 Å². The molecule has 0 saturated carbocycles. The summed E-state index contributed by atoms with van der Waals surface area (Å²) in [7, 11) is 0. The SMILES string of the molecule is CCC(Sc1nc(C)c(C)c(C)c1C#N)C(=O)N1c2ccccc2CCc2ccccc21. The molecule has 1 aliphatic rings. The van der Waals surface area contributed by atoms with Crippen LogP contribution in [0.3, 0.4) is 0 Å². The average molecular weight is 442 g/mol. The zero-order valence-electron chi connectivity index (χ0n) is 19.0. The van der Waals surface area contributed by atoms with Crippen LogP contribution in [0.25, 0.3) is 0 Å². The molecule has 3 aromatic rings. The second-order valence-electron chi connectivity index (χ2n) is 8.18. The van der Waals surface area contributed by atoms with E-state index < -0.39 is 0 Å². The molecule has 1 amide bonds. The highest BCUT2D eigenvalue weighted by atomic mass is 32.2. The van der Waals surface area contributed by atoms with Gasteiger partial charge in [-0.2, -0.15) is 5.26 Å². The molecule has 0 aliphatic carbocycles. The topological polar surface area (TPSA) is 57.0 Å². The normalized spacial score (nSPS) is 13.5. The molecule has 0 radical (unpaired) electrons. The summed E-state index contributed by atoms with van der Waals surface area (Å²) in [4.78, 5) is 20.6. The zero-order chi connectivity index (χ0) is 22.8. The Balaban J connectivity index is 1.78. The van der Waals surface area contributed by atoms with Crippen LogP contribution in [0, 0.1) is 32.1 Å². The number of aromatic nitrogens is 1. The van der Waals surface area contributed by atoms with E-state index in [1.807, 2.05) is 69.0 Å². The molecule has 4 rings (SSSR count). The lowest BCUT2D eigenvalue weighted by Crippen LogP contribution is -2.34. The predicted molar refractivity (Wildman–Crippen MR) is 131 cm³/mol. The van der Waals surface area contributed by atoms with Gasteiger partial charge in [0.15, 0.2) is 0 Å². The van der Waals surface area contributed by atoms with Crippen molar-refractivity contribution < 1.29 is 4.79 Å². The van der Waals surface area contributed by atoms with Crippen molar-refractivity contribution in [1.82, 2.24) is 4.98 Å². The zero-order valence-corrected chi connectivity index (χ0v) is 19.8. The fourth-order valence-electron chi connectivity index (χ4n) is 4.23. The Hall–Kier alpha value is -3.10. The smallest absolute Gasteiger partial charge is 0.245 e. The minimum atomic E-state index is -0.352. The van der Waals surface area contributed by atoms with Gasteiger partial charge in [-0.15, -0.1) is 0 Å². The molecule has 2 heterocycles. The van der Waals surface area contributed by atoms with Crippen LogP contribution in [0.5, 0.6) is 0 Å². The number of anilines is 2. The number of hydrogen-bond donors (Lipinski definition) is 0. The molecule has 1 unspecified atom stereocenters. The number of rotatable bonds is 4. The van der Waals surface area contributed by atoms with Gasteiger partial charge in [0.25, 0.3) is 0 Å². The number of carbonyl (C=O) groups excluding carboxylic acids is 1. The van der Waals surface area contributed by atoms with Crippen LogP contribution in [0.15, 0.2) is 53.6 Å². The summed E-state index contributed by atoms with van der Waals surface area (Å²) in [5.74, 6) is 0.0286. The van der Waals surface area contributed by atoms with Gasteiger partial charge in [-0.3, -0.25) is 9.69 Å². The van der Waals surface area contributed by atoms with Gasteiger partial charge >= 0.3 is 0 Å². The standard InChI is InChI=1S/C27H27N3OS/c1-5-25(32-26-22(16-28)18(3)17(2)19(4)29-26)27(31)30-23-12-8-6-10-20(23)14-15-21-11-7-9-13-24(21)30/h6-13,25H,5,14-15H2,1-4H3. The molecule has 0 N–H and O–H groups in total. The third kappa shape index (κ3) is 3.91. The van der Waals surface area contributed by atoms with Gasteiger partial charge in [0.2, 0.25) is 5.91 Å². The van der Waals surface area contributed by atoms with Crippen LogP contribution in [0.1, 0.15) is 46.9 Å². The Kier molecular flexibility index (Phi) is 6.34.